The van der Waals surface area contributed by atoms with Gasteiger partial charge >= 0.3 is 12.1 Å². The third-order valence-electron chi connectivity index (χ3n) is 1.92. The fraction of sp³-hybridized carbons (Fsp3) is 0.400. The van der Waals surface area contributed by atoms with E-state index in [9.17, 15) is 13.2 Å². The fourth-order valence-corrected chi connectivity index (χ4v) is 0.955. The van der Waals surface area contributed by atoms with Crippen molar-refractivity contribution in [2.45, 2.75) is 12.3 Å². The molecule has 0 saturated carbocycles. The number of ether oxygens (including phenoxy) is 1. The van der Waals surface area contributed by atoms with Crippen molar-refractivity contribution < 1.29 is 27.8 Å². The quantitative estimate of drug-likeness (QED) is 0.836. The zero-order chi connectivity index (χ0) is 13.6. The molecule has 0 bridgehead atoms. The van der Waals surface area contributed by atoms with Crippen LogP contribution in [0.4, 0.5) is 13.2 Å². The molecule has 1 aromatic rings. The van der Waals surface area contributed by atoms with Gasteiger partial charge in [-0.2, -0.15) is 13.2 Å². The van der Waals surface area contributed by atoms with Crippen molar-refractivity contribution in [3.8, 4) is 5.75 Å². The molecule has 0 aromatic carbocycles. The second-order valence-electron chi connectivity index (χ2n) is 3.39. The van der Waals surface area contributed by atoms with Gasteiger partial charge in [0.1, 0.15) is 11.9 Å². The molecule has 0 atom stereocenters. The summed E-state index contributed by atoms with van der Waals surface area (Å²) in [5.74, 6) is -1.90. The highest BCUT2D eigenvalue weighted by Crippen LogP contribution is 2.13. The van der Waals surface area contributed by atoms with E-state index in [1.54, 1.807) is 12.4 Å². The SMILES string of the molecule is O=C(O)C(F)(F)F.c1cncc(OC2CNC2)c1. The number of aliphatic carboxylic acids is 1. The molecular formula is C10H11F3N2O3. The van der Waals surface area contributed by atoms with Crippen molar-refractivity contribution in [2.75, 3.05) is 13.1 Å². The van der Waals surface area contributed by atoms with Gasteiger partial charge in [-0.15, -0.1) is 0 Å². The fourth-order valence-electron chi connectivity index (χ4n) is 0.955. The maximum absolute atomic E-state index is 10.6. The Bertz CT molecular complexity index is 380. The molecule has 0 unspecified atom stereocenters. The Morgan fingerprint density at radius 2 is 2.11 bits per heavy atom. The third-order valence-corrected chi connectivity index (χ3v) is 1.92. The summed E-state index contributed by atoms with van der Waals surface area (Å²) in [7, 11) is 0. The number of pyridine rings is 1. The van der Waals surface area contributed by atoms with Crippen LogP contribution in [0.5, 0.6) is 5.75 Å². The predicted molar refractivity (Wildman–Crippen MR) is 55.2 cm³/mol. The molecule has 1 aromatic heterocycles. The summed E-state index contributed by atoms with van der Waals surface area (Å²) in [5.41, 5.74) is 0. The highest BCUT2D eigenvalue weighted by atomic mass is 19.4. The second kappa shape index (κ2) is 6.20. The van der Waals surface area contributed by atoms with Gasteiger partial charge in [0.15, 0.2) is 0 Å². The summed E-state index contributed by atoms with van der Waals surface area (Å²) in [5, 5.41) is 10.3. The summed E-state index contributed by atoms with van der Waals surface area (Å²) >= 11 is 0. The average molecular weight is 264 g/mol. The van der Waals surface area contributed by atoms with Crippen LogP contribution in [0.2, 0.25) is 0 Å². The smallest absolute Gasteiger partial charge is 0.486 e. The summed E-state index contributed by atoms with van der Waals surface area (Å²) in [6.07, 6.45) is -1.26. The zero-order valence-corrected chi connectivity index (χ0v) is 9.15. The molecule has 18 heavy (non-hydrogen) atoms. The first-order valence-corrected chi connectivity index (χ1v) is 4.97. The van der Waals surface area contributed by atoms with Crippen LogP contribution in [0.15, 0.2) is 24.5 Å². The first-order chi connectivity index (χ1) is 8.39. The molecule has 8 heteroatoms. The highest BCUT2D eigenvalue weighted by Gasteiger charge is 2.38. The van der Waals surface area contributed by atoms with E-state index < -0.39 is 12.1 Å². The molecule has 1 aliphatic heterocycles. The minimum atomic E-state index is -5.08. The van der Waals surface area contributed by atoms with Gasteiger partial charge < -0.3 is 15.2 Å². The van der Waals surface area contributed by atoms with E-state index in [4.69, 9.17) is 14.6 Å². The summed E-state index contributed by atoms with van der Waals surface area (Å²) in [4.78, 5) is 12.8. The Morgan fingerprint density at radius 3 is 2.44 bits per heavy atom. The van der Waals surface area contributed by atoms with E-state index in [0.29, 0.717) is 6.10 Å². The second-order valence-corrected chi connectivity index (χ2v) is 3.39. The van der Waals surface area contributed by atoms with E-state index in [2.05, 4.69) is 10.3 Å². The highest BCUT2D eigenvalue weighted by molar-refractivity contribution is 5.73. The molecule has 0 spiro atoms. The van der Waals surface area contributed by atoms with Gasteiger partial charge in [-0.05, 0) is 12.1 Å². The molecule has 1 fully saturated rings. The molecule has 0 radical (unpaired) electrons. The minimum Gasteiger partial charge on any atom is -0.486 e. The van der Waals surface area contributed by atoms with Crippen LogP contribution in [0.1, 0.15) is 0 Å². The summed E-state index contributed by atoms with van der Waals surface area (Å²) in [6, 6.07) is 3.80. The van der Waals surface area contributed by atoms with E-state index in [1.807, 2.05) is 12.1 Å². The Morgan fingerprint density at radius 1 is 1.50 bits per heavy atom. The van der Waals surface area contributed by atoms with Crippen LogP contribution in [0, 0.1) is 0 Å². The largest absolute Gasteiger partial charge is 0.490 e. The van der Waals surface area contributed by atoms with Crippen LogP contribution < -0.4 is 10.1 Å². The molecule has 2 heterocycles. The number of alkyl halides is 3. The third kappa shape index (κ3) is 5.00. The lowest BCUT2D eigenvalue weighted by Crippen LogP contribution is -2.50. The number of carboxylic acids is 1. The van der Waals surface area contributed by atoms with Gasteiger partial charge in [-0.1, -0.05) is 0 Å². The molecule has 1 saturated heterocycles. The summed E-state index contributed by atoms with van der Waals surface area (Å²) < 4.78 is 37.3. The topological polar surface area (TPSA) is 71.5 Å². The number of hydrogen-bond donors (Lipinski definition) is 2. The maximum Gasteiger partial charge on any atom is 0.490 e. The van der Waals surface area contributed by atoms with Crippen LogP contribution in [-0.4, -0.2) is 41.4 Å². The lowest BCUT2D eigenvalue weighted by molar-refractivity contribution is -0.192. The van der Waals surface area contributed by atoms with E-state index >= 15 is 0 Å². The molecule has 100 valence electrons. The Labute approximate surface area is 101 Å². The first-order valence-electron chi connectivity index (χ1n) is 4.97. The van der Waals surface area contributed by atoms with E-state index in [0.717, 1.165) is 18.8 Å². The standard InChI is InChI=1S/C8H10N2O.C2HF3O2/c1-2-7(4-9-3-1)11-8-5-10-6-8;3-2(4,5)1(6)7/h1-4,8,10H,5-6H2;(H,6,7). The molecular weight excluding hydrogens is 253 g/mol. The van der Waals surface area contributed by atoms with Gasteiger partial charge in [-0.25, -0.2) is 4.79 Å². The van der Waals surface area contributed by atoms with E-state index in [-0.39, 0.29) is 0 Å². The molecule has 0 aliphatic carbocycles. The van der Waals surface area contributed by atoms with Gasteiger partial charge in [0.2, 0.25) is 0 Å². The zero-order valence-electron chi connectivity index (χ0n) is 9.15. The molecule has 5 nitrogen and oxygen atoms in total. The van der Waals surface area contributed by atoms with Crippen molar-refractivity contribution in [1.82, 2.24) is 10.3 Å². The normalized spacial score (nSPS) is 15.1. The number of halogens is 3. The minimum absolute atomic E-state index is 0.346. The van der Waals surface area contributed by atoms with Crippen molar-refractivity contribution in [3.63, 3.8) is 0 Å². The maximum atomic E-state index is 10.6. The van der Waals surface area contributed by atoms with Crippen LogP contribution in [0.25, 0.3) is 0 Å². The van der Waals surface area contributed by atoms with Crippen molar-refractivity contribution >= 4 is 5.97 Å². The Kier molecular flexibility index (Phi) is 4.90. The Balaban J connectivity index is 0.000000203. The number of nitrogens with one attached hydrogen (secondary N) is 1. The lowest BCUT2D eigenvalue weighted by Gasteiger charge is -2.27. The average Bonchev–Trinajstić information content (AvgIpc) is 2.25. The lowest BCUT2D eigenvalue weighted by atomic mass is 10.2. The van der Waals surface area contributed by atoms with Gasteiger partial charge in [0.05, 0.1) is 6.20 Å². The summed E-state index contributed by atoms with van der Waals surface area (Å²) in [6.45, 7) is 1.91. The number of aromatic nitrogens is 1. The molecule has 2 rings (SSSR count). The monoisotopic (exact) mass is 264 g/mol. The van der Waals surface area contributed by atoms with Crippen molar-refractivity contribution in [3.05, 3.63) is 24.5 Å². The number of nitrogens with zero attached hydrogens (tertiary/aromatic N) is 1. The molecule has 1 aliphatic rings. The van der Waals surface area contributed by atoms with Crippen LogP contribution in [0.3, 0.4) is 0 Å². The predicted octanol–water partition coefficient (Wildman–Crippen LogP) is 1.07. The molecule has 2 N–H and O–H groups in total. The number of carboxylic acid groups (broad SMARTS) is 1. The first kappa shape index (κ1) is 14.2. The van der Waals surface area contributed by atoms with Gasteiger partial charge in [-0.3, -0.25) is 4.98 Å². The van der Waals surface area contributed by atoms with Crippen molar-refractivity contribution in [2.24, 2.45) is 0 Å². The van der Waals surface area contributed by atoms with Crippen LogP contribution >= 0.6 is 0 Å². The van der Waals surface area contributed by atoms with Gasteiger partial charge in [0.25, 0.3) is 0 Å². The number of rotatable bonds is 2. The number of hydrogen-bond acceptors (Lipinski definition) is 4. The van der Waals surface area contributed by atoms with Crippen LogP contribution in [-0.2, 0) is 4.79 Å². The van der Waals surface area contributed by atoms with Crippen molar-refractivity contribution in [1.29, 1.82) is 0 Å². The Hall–Kier alpha value is -1.83. The number of carbonyl (C=O) groups is 1. The molecule has 0 amide bonds. The van der Waals surface area contributed by atoms with E-state index in [1.165, 1.54) is 0 Å². The van der Waals surface area contributed by atoms with Gasteiger partial charge in [0, 0.05) is 19.3 Å².